The highest BCUT2D eigenvalue weighted by Gasteiger charge is 2.31. The molecule has 0 bridgehead atoms. The van der Waals surface area contributed by atoms with E-state index in [1.165, 1.54) is 0 Å². The fraction of sp³-hybridized carbons (Fsp3) is 0.938. The van der Waals surface area contributed by atoms with Crippen LogP contribution in [0.1, 0.15) is 67.2 Å². The van der Waals surface area contributed by atoms with Gasteiger partial charge in [-0.05, 0) is 38.0 Å². The fourth-order valence-corrected chi connectivity index (χ4v) is 2.13. The number of carbonyl (C=O) groups excluding carboxylic acids is 1. The van der Waals surface area contributed by atoms with E-state index < -0.39 is 5.54 Å². The first kappa shape index (κ1) is 18.4. The van der Waals surface area contributed by atoms with Crippen LogP contribution in [0.4, 0.5) is 0 Å². The molecule has 114 valence electrons. The summed E-state index contributed by atoms with van der Waals surface area (Å²) in [5, 5.41) is 0. The Hall–Kier alpha value is -0.570. The Bertz CT molecular complexity index is 247. The van der Waals surface area contributed by atoms with Gasteiger partial charge in [0.1, 0.15) is 0 Å². The summed E-state index contributed by atoms with van der Waals surface area (Å²) in [4.78, 5) is 14.6. The molecule has 0 fully saturated rings. The maximum absolute atomic E-state index is 12.6. The Kier molecular flexibility index (Phi) is 8.31. The molecule has 3 heteroatoms. The van der Waals surface area contributed by atoms with E-state index in [0.717, 1.165) is 38.8 Å². The summed E-state index contributed by atoms with van der Waals surface area (Å²) in [5.41, 5.74) is 5.49. The van der Waals surface area contributed by atoms with Crippen molar-refractivity contribution in [2.24, 2.45) is 17.6 Å². The van der Waals surface area contributed by atoms with Gasteiger partial charge in [-0.2, -0.15) is 0 Å². The first-order valence-corrected chi connectivity index (χ1v) is 7.79. The molecule has 0 rings (SSSR count). The van der Waals surface area contributed by atoms with Gasteiger partial charge in [-0.3, -0.25) is 4.79 Å². The number of amides is 1. The van der Waals surface area contributed by atoms with E-state index in [4.69, 9.17) is 5.73 Å². The van der Waals surface area contributed by atoms with Crippen LogP contribution in [-0.2, 0) is 4.79 Å². The van der Waals surface area contributed by atoms with Crippen molar-refractivity contribution in [3.63, 3.8) is 0 Å². The Labute approximate surface area is 119 Å². The van der Waals surface area contributed by atoms with E-state index in [1.807, 2.05) is 11.8 Å². The van der Waals surface area contributed by atoms with Crippen molar-refractivity contribution in [3.05, 3.63) is 0 Å². The second-order valence-electron chi connectivity index (χ2n) is 6.82. The molecule has 2 N–H and O–H groups in total. The maximum atomic E-state index is 12.6. The van der Waals surface area contributed by atoms with Crippen molar-refractivity contribution < 1.29 is 4.79 Å². The molecule has 0 aliphatic rings. The van der Waals surface area contributed by atoms with Crippen molar-refractivity contribution in [2.45, 2.75) is 72.8 Å². The quantitative estimate of drug-likeness (QED) is 0.698. The SMILES string of the molecule is CCCC(C)(N)C(=O)N(CCC(C)C)CCC(C)C. The van der Waals surface area contributed by atoms with Crippen LogP contribution >= 0.6 is 0 Å². The lowest BCUT2D eigenvalue weighted by Gasteiger charge is -2.32. The van der Waals surface area contributed by atoms with Crippen LogP contribution in [0.25, 0.3) is 0 Å². The lowest BCUT2D eigenvalue weighted by molar-refractivity contribution is -0.137. The normalized spacial score (nSPS) is 14.8. The minimum atomic E-state index is -0.706. The minimum absolute atomic E-state index is 0.121. The molecular formula is C16H34N2O. The first-order valence-electron chi connectivity index (χ1n) is 7.79. The van der Waals surface area contributed by atoms with E-state index in [1.54, 1.807) is 0 Å². The summed E-state index contributed by atoms with van der Waals surface area (Å²) < 4.78 is 0. The van der Waals surface area contributed by atoms with E-state index >= 15 is 0 Å². The standard InChI is InChI=1S/C16H34N2O/c1-7-10-16(6,17)15(19)18(11-8-13(2)3)12-9-14(4)5/h13-14H,7-12,17H2,1-6H3. The van der Waals surface area contributed by atoms with Crippen molar-refractivity contribution in [2.75, 3.05) is 13.1 Å². The van der Waals surface area contributed by atoms with Gasteiger partial charge in [0.25, 0.3) is 0 Å². The van der Waals surface area contributed by atoms with Crippen LogP contribution in [0.5, 0.6) is 0 Å². The summed E-state index contributed by atoms with van der Waals surface area (Å²) in [6.07, 6.45) is 3.80. The molecule has 0 aliphatic carbocycles. The molecule has 0 aromatic heterocycles. The van der Waals surface area contributed by atoms with Gasteiger partial charge in [-0.15, -0.1) is 0 Å². The third-order valence-electron chi connectivity index (χ3n) is 3.50. The Morgan fingerprint density at radius 1 is 1.11 bits per heavy atom. The monoisotopic (exact) mass is 270 g/mol. The van der Waals surface area contributed by atoms with Gasteiger partial charge < -0.3 is 10.6 Å². The Morgan fingerprint density at radius 3 is 1.84 bits per heavy atom. The average Bonchev–Trinajstić information content (AvgIpc) is 2.27. The summed E-state index contributed by atoms with van der Waals surface area (Å²) >= 11 is 0. The second-order valence-corrected chi connectivity index (χ2v) is 6.82. The van der Waals surface area contributed by atoms with Crippen molar-refractivity contribution in [1.82, 2.24) is 4.90 Å². The largest absolute Gasteiger partial charge is 0.341 e. The van der Waals surface area contributed by atoms with Gasteiger partial charge >= 0.3 is 0 Å². The molecule has 1 atom stereocenters. The molecule has 1 unspecified atom stereocenters. The molecular weight excluding hydrogens is 236 g/mol. The van der Waals surface area contributed by atoms with E-state index in [2.05, 4.69) is 34.6 Å². The molecule has 0 aromatic carbocycles. The highest BCUT2D eigenvalue weighted by atomic mass is 16.2. The predicted octanol–water partition coefficient (Wildman–Crippen LogP) is 3.42. The molecule has 3 nitrogen and oxygen atoms in total. The maximum Gasteiger partial charge on any atom is 0.242 e. The van der Waals surface area contributed by atoms with E-state index in [-0.39, 0.29) is 5.91 Å². The zero-order chi connectivity index (χ0) is 15.1. The lowest BCUT2D eigenvalue weighted by atomic mass is 9.95. The minimum Gasteiger partial charge on any atom is -0.341 e. The number of nitrogens with two attached hydrogens (primary N) is 1. The summed E-state index contributed by atoms with van der Waals surface area (Å²) in [6.45, 7) is 14.4. The highest BCUT2D eigenvalue weighted by Crippen LogP contribution is 2.15. The van der Waals surface area contributed by atoms with Crippen molar-refractivity contribution in [1.29, 1.82) is 0 Å². The van der Waals surface area contributed by atoms with Gasteiger partial charge in [-0.1, -0.05) is 41.0 Å². The Morgan fingerprint density at radius 2 is 1.53 bits per heavy atom. The topological polar surface area (TPSA) is 46.3 Å². The second kappa shape index (κ2) is 8.57. The van der Waals surface area contributed by atoms with Gasteiger partial charge in [0.2, 0.25) is 5.91 Å². The number of carbonyl (C=O) groups is 1. The molecule has 0 heterocycles. The zero-order valence-electron chi connectivity index (χ0n) is 13.8. The molecule has 0 saturated carbocycles. The molecule has 0 radical (unpaired) electrons. The van der Waals surface area contributed by atoms with Crippen LogP contribution in [0, 0.1) is 11.8 Å². The molecule has 0 aliphatic heterocycles. The van der Waals surface area contributed by atoms with Gasteiger partial charge in [-0.25, -0.2) is 0 Å². The van der Waals surface area contributed by atoms with Gasteiger partial charge in [0, 0.05) is 13.1 Å². The van der Waals surface area contributed by atoms with Crippen LogP contribution < -0.4 is 5.73 Å². The number of rotatable bonds is 9. The van der Waals surface area contributed by atoms with Gasteiger partial charge in [0.15, 0.2) is 0 Å². The lowest BCUT2D eigenvalue weighted by Crippen LogP contribution is -2.53. The van der Waals surface area contributed by atoms with Crippen LogP contribution in [0.3, 0.4) is 0 Å². The molecule has 0 spiro atoms. The first-order chi connectivity index (χ1) is 8.70. The molecule has 0 aromatic rings. The molecule has 0 saturated heterocycles. The van der Waals surface area contributed by atoms with Crippen molar-refractivity contribution >= 4 is 5.91 Å². The Balaban J connectivity index is 4.65. The van der Waals surface area contributed by atoms with Gasteiger partial charge in [0.05, 0.1) is 5.54 Å². The third kappa shape index (κ3) is 7.56. The van der Waals surface area contributed by atoms with Crippen LogP contribution in [0.2, 0.25) is 0 Å². The molecule has 19 heavy (non-hydrogen) atoms. The summed E-state index contributed by atoms with van der Waals surface area (Å²) in [7, 11) is 0. The summed E-state index contributed by atoms with van der Waals surface area (Å²) in [5.74, 6) is 1.35. The fourth-order valence-electron chi connectivity index (χ4n) is 2.13. The predicted molar refractivity (Wildman–Crippen MR) is 83.0 cm³/mol. The molecule has 1 amide bonds. The highest BCUT2D eigenvalue weighted by molar-refractivity contribution is 5.85. The zero-order valence-corrected chi connectivity index (χ0v) is 13.8. The smallest absolute Gasteiger partial charge is 0.242 e. The van der Waals surface area contributed by atoms with E-state index in [0.29, 0.717) is 11.8 Å². The van der Waals surface area contributed by atoms with Crippen LogP contribution in [0.15, 0.2) is 0 Å². The van der Waals surface area contributed by atoms with Crippen LogP contribution in [-0.4, -0.2) is 29.4 Å². The van der Waals surface area contributed by atoms with Crippen molar-refractivity contribution in [3.8, 4) is 0 Å². The number of nitrogens with zero attached hydrogens (tertiary/aromatic N) is 1. The summed E-state index contributed by atoms with van der Waals surface area (Å²) in [6, 6.07) is 0. The average molecular weight is 270 g/mol. The third-order valence-corrected chi connectivity index (χ3v) is 3.50. The van der Waals surface area contributed by atoms with E-state index in [9.17, 15) is 4.79 Å². The number of hydrogen-bond donors (Lipinski definition) is 1. The number of hydrogen-bond acceptors (Lipinski definition) is 2.